The number of thiophene rings is 1. The van der Waals surface area contributed by atoms with Crippen LogP contribution in [0.5, 0.6) is 0 Å². The first-order chi connectivity index (χ1) is 8.04. The molecular weight excluding hydrogens is 258 g/mol. The molecule has 4 nitrogen and oxygen atoms in total. The zero-order chi connectivity index (χ0) is 12.7. The summed E-state index contributed by atoms with van der Waals surface area (Å²) in [6.45, 7) is 0.267. The first kappa shape index (κ1) is 14.6. The van der Waals surface area contributed by atoms with Crippen molar-refractivity contribution in [1.29, 1.82) is 0 Å². The van der Waals surface area contributed by atoms with Gasteiger partial charge in [-0.2, -0.15) is 0 Å². The lowest BCUT2D eigenvalue weighted by atomic mass is 10.1. The van der Waals surface area contributed by atoms with Gasteiger partial charge < -0.3 is 5.11 Å². The molecule has 1 heterocycles. The third-order valence-corrected chi connectivity index (χ3v) is 4.58. The molecule has 0 spiro atoms. The molecule has 0 aromatic carbocycles. The molecule has 0 unspecified atom stereocenters. The van der Waals surface area contributed by atoms with E-state index in [4.69, 9.17) is 10.2 Å². The van der Waals surface area contributed by atoms with Gasteiger partial charge in [0.2, 0.25) is 10.0 Å². The summed E-state index contributed by atoms with van der Waals surface area (Å²) in [6, 6.07) is 1.66. The molecule has 0 fully saturated rings. The summed E-state index contributed by atoms with van der Waals surface area (Å²) in [5.74, 6) is 0. The van der Waals surface area contributed by atoms with Gasteiger partial charge in [-0.3, -0.25) is 0 Å². The predicted octanol–water partition coefficient (Wildman–Crippen LogP) is 1.88. The number of aliphatic hydroxyl groups excluding tert-OH is 1. The van der Waals surface area contributed by atoms with Crippen molar-refractivity contribution in [3.63, 3.8) is 0 Å². The Hall–Kier alpha value is -0.430. The molecule has 3 N–H and O–H groups in total. The zero-order valence-corrected chi connectivity index (χ0v) is 11.4. The summed E-state index contributed by atoms with van der Waals surface area (Å²) in [5, 5.41) is 15.2. The lowest BCUT2D eigenvalue weighted by Gasteiger charge is -1.98. The highest BCUT2D eigenvalue weighted by Gasteiger charge is 2.10. The number of hydrogen-bond acceptors (Lipinski definition) is 4. The summed E-state index contributed by atoms with van der Waals surface area (Å²) in [7, 11) is -3.54. The fourth-order valence-corrected chi connectivity index (χ4v) is 3.44. The Balaban J connectivity index is 2.26. The molecule has 0 aliphatic heterocycles. The summed E-state index contributed by atoms with van der Waals surface area (Å²) >= 11 is 1.45. The molecule has 1 rings (SSSR count). The van der Waals surface area contributed by atoms with Crippen LogP contribution in [0.15, 0.2) is 16.3 Å². The number of unbranched alkanes of at least 4 members (excludes halogenated alkanes) is 4. The van der Waals surface area contributed by atoms with Crippen LogP contribution < -0.4 is 5.14 Å². The van der Waals surface area contributed by atoms with Crippen molar-refractivity contribution in [2.45, 2.75) is 43.4 Å². The molecule has 98 valence electrons. The lowest BCUT2D eigenvalue weighted by molar-refractivity contribution is 0.282. The Morgan fingerprint density at radius 1 is 1.18 bits per heavy atom. The highest BCUT2D eigenvalue weighted by molar-refractivity contribution is 7.89. The second kappa shape index (κ2) is 7.10. The van der Waals surface area contributed by atoms with E-state index >= 15 is 0 Å². The summed E-state index contributed by atoms with van der Waals surface area (Å²) in [4.78, 5) is 1.29. The van der Waals surface area contributed by atoms with Gasteiger partial charge in [0.1, 0.15) is 0 Å². The Bertz CT molecular complexity index is 426. The minimum Gasteiger partial charge on any atom is -0.396 e. The highest BCUT2D eigenvalue weighted by Crippen LogP contribution is 2.20. The van der Waals surface area contributed by atoms with E-state index in [-0.39, 0.29) is 11.5 Å². The maximum Gasteiger partial charge on any atom is 0.238 e. The molecule has 0 saturated carbocycles. The molecule has 0 radical (unpaired) electrons. The number of primary sulfonamides is 1. The Kier molecular flexibility index (Phi) is 6.11. The van der Waals surface area contributed by atoms with Gasteiger partial charge in [0.15, 0.2) is 0 Å². The van der Waals surface area contributed by atoms with E-state index in [1.165, 1.54) is 11.3 Å². The molecule has 0 bridgehead atoms. The van der Waals surface area contributed by atoms with Gasteiger partial charge in [-0.15, -0.1) is 11.3 Å². The largest absolute Gasteiger partial charge is 0.396 e. The number of aliphatic hydroxyl groups is 1. The molecule has 1 aromatic heterocycles. The van der Waals surface area contributed by atoms with Crippen LogP contribution >= 0.6 is 11.3 Å². The van der Waals surface area contributed by atoms with Crippen LogP contribution in [-0.4, -0.2) is 20.1 Å². The van der Waals surface area contributed by atoms with E-state index in [1.807, 2.05) is 0 Å². The summed E-state index contributed by atoms with van der Waals surface area (Å²) in [5.41, 5.74) is 0. The first-order valence-electron chi connectivity index (χ1n) is 5.75. The van der Waals surface area contributed by atoms with Crippen LogP contribution in [0.3, 0.4) is 0 Å². The normalized spacial score (nSPS) is 11.9. The minimum absolute atomic E-state index is 0.220. The molecule has 0 atom stereocenters. The van der Waals surface area contributed by atoms with Gasteiger partial charge in [0, 0.05) is 16.9 Å². The fourth-order valence-electron chi connectivity index (χ4n) is 1.58. The third kappa shape index (κ3) is 5.63. The second-order valence-electron chi connectivity index (χ2n) is 4.04. The molecule has 6 heteroatoms. The molecule has 0 aliphatic carbocycles. The van der Waals surface area contributed by atoms with Crippen molar-refractivity contribution in [3.05, 3.63) is 16.3 Å². The van der Waals surface area contributed by atoms with Gasteiger partial charge in [-0.1, -0.05) is 19.3 Å². The van der Waals surface area contributed by atoms with Crippen molar-refractivity contribution in [3.8, 4) is 0 Å². The van der Waals surface area contributed by atoms with Crippen molar-refractivity contribution in [1.82, 2.24) is 0 Å². The molecule has 0 amide bonds. The average molecular weight is 277 g/mol. The van der Waals surface area contributed by atoms with Gasteiger partial charge in [0.05, 0.1) is 4.90 Å². The maximum atomic E-state index is 11.1. The van der Waals surface area contributed by atoms with Gasteiger partial charge >= 0.3 is 0 Å². The number of nitrogens with two attached hydrogens (primary N) is 1. The lowest BCUT2D eigenvalue weighted by Crippen LogP contribution is -2.10. The maximum absolute atomic E-state index is 11.1. The molecule has 0 aliphatic rings. The number of sulfonamides is 1. The van der Waals surface area contributed by atoms with Crippen LogP contribution in [0.25, 0.3) is 0 Å². The van der Waals surface area contributed by atoms with E-state index in [2.05, 4.69) is 0 Å². The van der Waals surface area contributed by atoms with Crippen LogP contribution in [0.1, 0.15) is 37.0 Å². The van der Waals surface area contributed by atoms with E-state index in [9.17, 15) is 8.42 Å². The van der Waals surface area contributed by atoms with E-state index in [0.29, 0.717) is 0 Å². The van der Waals surface area contributed by atoms with E-state index in [1.54, 1.807) is 11.4 Å². The average Bonchev–Trinajstić information content (AvgIpc) is 2.71. The van der Waals surface area contributed by atoms with E-state index in [0.717, 1.165) is 43.4 Å². The van der Waals surface area contributed by atoms with Crippen LogP contribution in [0.2, 0.25) is 0 Å². The third-order valence-electron chi connectivity index (χ3n) is 2.54. The topological polar surface area (TPSA) is 80.4 Å². The monoisotopic (exact) mass is 277 g/mol. The Morgan fingerprint density at radius 2 is 1.82 bits per heavy atom. The molecule has 0 saturated heterocycles. The van der Waals surface area contributed by atoms with Gasteiger partial charge in [-0.05, 0) is 25.3 Å². The number of aryl methyl sites for hydroxylation is 1. The van der Waals surface area contributed by atoms with Crippen molar-refractivity contribution in [2.75, 3.05) is 6.61 Å². The SMILES string of the molecule is NS(=O)(=O)c1csc(CCCCCCCO)c1. The smallest absolute Gasteiger partial charge is 0.238 e. The van der Waals surface area contributed by atoms with Crippen LogP contribution in [0, 0.1) is 0 Å². The number of hydrogen-bond donors (Lipinski definition) is 2. The molecule has 1 aromatic rings. The minimum atomic E-state index is -3.54. The predicted molar refractivity (Wildman–Crippen MR) is 69.6 cm³/mol. The highest BCUT2D eigenvalue weighted by atomic mass is 32.2. The van der Waals surface area contributed by atoms with Crippen molar-refractivity contribution >= 4 is 21.4 Å². The Labute approximate surface area is 107 Å². The summed E-state index contributed by atoms with van der Waals surface area (Å²) in [6.07, 6.45) is 6.11. The molecular formula is C11H19NO3S2. The van der Waals surface area contributed by atoms with Crippen molar-refractivity contribution < 1.29 is 13.5 Å². The Morgan fingerprint density at radius 3 is 2.41 bits per heavy atom. The van der Waals surface area contributed by atoms with E-state index < -0.39 is 10.0 Å². The molecule has 17 heavy (non-hydrogen) atoms. The van der Waals surface area contributed by atoms with Crippen LogP contribution in [0.4, 0.5) is 0 Å². The first-order valence-corrected chi connectivity index (χ1v) is 8.17. The number of rotatable bonds is 8. The van der Waals surface area contributed by atoms with Crippen molar-refractivity contribution in [2.24, 2.45) is 5.14 Å². The zero-order valence-electron chi connectivity index (χ0n) is 9.76. The fraction of sp³-hybridized carbons (Fsp3) is 0.636. The quantitative estimate of drug-likeness (QED) is 0.712. The second-order valence-corrected chi connectivity index (χ2v) is 6.59. The van der Waals surface area contributed by atoms with Gasteiger partial charge in [-0.25, -0.2) is 13.6 Å². The summed E-state index contributed by atoms with van der Waals surface area (Å²) < 4.78 is 22.1. The van der Waals surface area contributed by atoms with Crippen LogP contribution in [-0.2, 0) is 16.4 Å². The van der Waals surface area contributed by atoms with Gasteiger partial charge in [0.25, 0.3) is 0 Å². The standard InChI is InChI=1S/C11H19NO3S2/c12-17(14,15)11-8-10(16-9-11)6-4-2-1-3-5-7-13/h8-9,13H,1-7H2,(H2,12,14,15).